The molecule has 7 heteroatoms. The van der Waals surface area contributed by atoms with Crippen LogP contribution < -0.4 is 4.72 Å². The molecule has 118 valence electrons. The quantitative estimate of drug-likeness (QED) is 0.794. The van der Waals surface area contributed by atoms with Crippen molar-refractivity contribution in [2.45, 2.75) is 18.7 Å². The second kappa shape index (κ2) is 5.85. The van der Waals surface area contributed by atoms with Crippen LogP contribution in [0.25, 0.3) is 11.3 Å². The molecule has 0 radical (unpaired) electrons. The molecular weight excluding hydrogens is 314 g/mol. The first kappa shape index (κ1) is 15.2. The highest BCUT2D eigenvalue weighted by atomic mass is 32.2. The van der Waals surface area contributed by atoms with Crippen LogP contribution >= 0.6 is 0 Å². The second-order valence-corrected chi connectivity index (χ2v) is 6.69. The van der Waals surface area contributed by atoms with Gasteiger partial charge in [-0.3, -0.25) is 4.98 Å². The smallest absolute Gasteiger partial charge is 0.264 e. The first-order chi connectivity index (χ1) is 11.0. The van der Waals surface area contributed by atoms with Crippen LogP contribution in [0.1, 0.15) is 11.3 Å². The highest BCUT2D eigenvalue weighted by molar-refractivity contribution is 7.92. The number of hydrogen-bond acceptors (Lipinski definition) is 5. The molecule has 0 unspecified atom stereocenters. The molecule has 0 saturated carbocycles. The third kappa shape index (κ3) is 2.95. The van der Waals surface area contributed by atoms with Crippen molar-refractivity contribution in [3.05, 3.63) is 59.9 Å². The number of benzene rings is 1. The van der Waals surface area contributed by atoms with Gasteiger partial charge in [-0.2, -0.15) is 0 Å². The van der Waals surface area contributed by atoms with Gasteiger partial charge in [-0.25, -0.2) is 13.1 Å². The maximum atomic E-state index is 12.7. The Balaban J connectivity index is 2.06. The molecule has 0 spiro atoms. The molecule has 0 fully saturated rings. The number of rotatable bonds is 4. The van der Waals surface area contributed by atoms with Gasteiger partial charge < -0.3 is 4.52 Å². The first-order valence-electron chi connectivity index (χ1n) is 6.95. The largest absolute Gasteiger partial charge is 0.337 e. The maximum Gasteiger partial charge on any atom is 0.264 e. The lowest BCUT2D eigenvalue weighted by Crippen LogP contribution is -2.14. The van der Waals surface area contributed by atoms with Crippen LogP contribution in [0.4, 0.5) is 5.88 Å². The molecule has 3 rings (SSSR count). The van der Waals surface area contributed by atoms with Crippen LogP contribution in [0.5, 0.6) is 0 Å². The predicted molar refractivity (Wildman–Crippen MR) is 86.5 cm³/mol. The Hall–Kier alpha value is -2.67. The first-order valence-corrected chi connectivity index (χ1v) is 8.43. The molecule has 0 aliphatic carbocycles. The van der Waals surface area contributed by atoms with Crippen molar-refractivity contribution in [3.63, 3.8) is 0 Å². The monoisotopic (exact) mass is 329 g/mol. The number of anilines is 1. The highest BCUT2D eigenvalue weighted by Gasteiger charge is 2.22. The van der Waals surface area contributed by atoms with E-state index in [1.165, 1.54) is 6.07 Å². The van der Waals surface area contributed by atoms with E-state index in [0.717, 1.165) is 0 Å². The fourth-order valence-electron chi connectivity index (χ4n) is 2.12. The van der Waals surface area contributed by atoms with Gasteiger partial charge in [-0.05, 0) is 32.0 Å². The van der Waals surface area contributed by atoms with E-state index in [2.05, 4.69) is 14.9 Å². The summed E-state index contributed by atoms with van der Waals surface area (Å²) in [6.07, 6.45) is 1.62. The van der Waals surface area contributed by atoms with Gasteiger partial charge in [-0.15, -0.1) is 0 Å². The lowest BCUT2D eigenvalue weighted by Gasteiger charge is -2.10. The van der Waals surface area contributed by atoms with E-state index in [-0.39, 0.29) is 10.8 Å². The van der Waals surface area contributed by atoms with Crippen molar-refractivity contribution in [2.24, 2.45) is 0 Å². The Labute approximate surface area is 134 Å². The van der Waals surface area contributed by atoms with E-state index in [9.17, 15) is 8.42 Å². The lowest BCUT2D eigenvalue weighted by atomic mass is 10.1. The fraction of sp³-hybridized carbons (Fsp3) is 0.125. The molecule has 23 heavy (non-hydrogen) atoms. The zero-order valence-electron chi connectivity index (χ0n) is 12.6. The van der Waals surface area contributed by atoms with Crippen molar-refractivity contribution in [3.8, 4) is 11.3 Å². The molecule has 2 heterocycles. The van der Waals surface area contributed by atoms with Crippen LogP contribution in [0.15, 0.2) is 58.1 Å². The molecule has 0 aliphatic rings. The average Bonchev–Trinajstić information content (AvgIpc) is 2.87. The van der Waals surface area contributed by atoms with E-state index in [4.69, 9.17) is 4.52 Å². The number of sulfonamides is 1. The molecule has 0 saturated heterocycles. The van der Waals surface area contributed by atoms with Gasteiger partial charge in [0.1, 0.15) is 0 Å². The van der Waals surface area contributed by atoms with Crippen molar-refractivity contribution < 1.29 is 12.9 Å². The van der Waals surface area contributed by atoms with E-state index < -0.39 is 10.0 Å². The summed E-state index contributed by atoms with van der Waals surface area (Å²) in [6.45, 7) is 3.49. The van der Waals surface area contributed by atoms with Crippen molar-refractivity contribution >= 4 is 15.9 Å². The highest BCUT2D eigenvalue weighted by Crippen LogP contribution is 2.28. The molecular formula is C16H15N3O3S. The molecule has 1 aromatic carbocycles. The van der Waals surface area contributed by atoms with Gasteiger partial charge in [0.25, 0.3) is 10.0 Å². The van der Waals surface area contributed by atoms with Crippen LogP contribution in [-0.2, 0) is 10.0 Å². The Morgan fingerprint density at radius 1 is 1.04 bits per heavy atom. The van der Waals surface area contributed by atoms with Crippen molar-refractivity contribution in [2.75, 3.05) is 4.72 Å². The summed E-state index contributed by atoms with van der Waals surface area (Å²) < 4.78 is 33.0. The number of nitrogens with zero attached hydrogens (tertiary/aromatic N) is 2. The molecule has 0 amide bonds. The third-order valence-corrected chi connectivity index (χ3v) is 4.89. The summed E-state index contributed by atoms with van der Waals surface area (Å²) >= 11 is 0. The summed E-state index contributed by atoms with van der Waals surface area (Å²) in [6, 6.07) is 12.0. The van der Waals surface area contributed by atoms with Gasteiger partial charge in [-0.1, -0.05) is 29.4 Å². The van der Waals surface area contributed by atoms with Gasteiger partial charge in [0.2, 0.25) is 5.88 Å². The number of hydrogen-bond donors (Lipinski definition) is 1. The van der Waals surface area contributed by atoms with Gasteiger partial charge in [0, 0.05) is 17.3 Å². The molecule has 0 bridgehead atoms. The summed E-state index contributed by atoms with van der Waals surface area (Å²) in [5.74, 6) is 0.123. The van der Waals surface area contributed by atoms with Crippen LogP contribution in [0.3, 0.4) is 0 Å². The summed E-state index contributed by atoms with van der Waals surface area (Å²) in [7, 11) is -3.83. The number of aromatic nitrogens is 2. The zero-order chi connectivity index (χ0) is 16.4. The minimum Gasteiger partial charge on any atom is -0.337 e. The number of nitrogens with one attached hydrogen (secondary N) is 1. The minimum absolute atomic E-state index is 0.123. The second-order valence-electron chi connectivity index (χ2n) is 5.04. The zero-order valence-corrected chi connectivity index (χ0v) is 13.5. The lowest BCUT2D eigenvalue weighted by molar-refractivity contribution is 0.430. The maximum absolute atomic E-state index is 12.7. The van der Waals surface area contributed by atoms with Crippen LogP contribution in [-0.4, -0.2) is 18.6 Å². The normalized spacial score (nSPS) is 11.4. The summed E-state index contributed by atoms with van der Waals surface area (Å²) in [4.78, 5) is 4.36. The van der Waals surface area contributed by atoms with Crippen LogP contribution in [0.2, 0.25) is 0 Å². The Morgan fingerprint density at radius 2 is 1.78 bits per heavy atom. The standard InChI is InChI=1S/C16H15N3O3S/c1-11-12(2)18-22-16(11)19-23(20,21)15-9-4-3-7-13(15)14-8-5-6-10-17-14/h3-10,19H,1-2H3. The molecule has 2 aromatic heterocycles. The van der Waals surface area contributed by atoms with E-state index >= 15 is 0 Å². The summed E-state index contributed by atoms with van der Waals surface area (Å²) in [5, 5.41) is 3.76. The SMILES string of the molecule is Cc1noc(NS(=O)(=O)c2ccccc2-c2ccccn2)c1C. The molecule has 3 aromatic rings. The minimum atomic E-state index is -3.83. The topological polar surface area (TPSA) is 85.1 Å². The van der Waals surface area contributed by atoms with Gasteiger partial charge in [0.15, 0.2) is 0 Å². The van der Waals surface area contributed by atoms with Crippen molar-refractivity contribution in [1.29, 1.82) is 0 Å². The van der Waals surface area contributed by atoms with E-state index in [0.29, 0.717) is 22.5 Å². The van der Waals surface area contributed by atoms with Crippen LogP contribution in [0, 0.1) is 13.8 Å². The summed E-state index contributed by atoms with van der Waals surface area (Å²) in [5.41, 5.74) is 2.40. The average molecular weight is 329 g/mol. The number of aryl methyl sites for hydroxylation is 1. The molecule has 1 N–H and O–H groups in total. The Bertz CT molecular complexity index is 934. The van der Waals surface area contributed by atoms with Gasteiger partial charge >= 0.3 is 0 Å². The Morgan fingerprint density at radius 3 is 2.43 bits per heavy atom. The molecule has 0 aliphatic heterocycles. The van der Waals surface area contributed by atoms with Gasteiger partial charge in [0.05, 0.1) is 16.3 Å². The fourth-order valence-corrected chi connectivity index (χ4v) is 3.39. The Kier molecular flexibility index (Phi) is 3.87. The number of pyridine rings is 1. The van der Waals surface area contributed by atoms with Crippen molar-refractivity contribution in [1.82, 2.24) is 10.1 Å². The molecule has 6 nitrogen and oxygen atoms in total. The van der Waals surface area contributed by atoms with E-state index in [1.807, 2.05) is 6.07 Å². The third-order valence-electron chi connectivity index (χ3n) is 3.50. The van der Waals surface area contributed by atoms with E-state index in [1.54, 1.807) is 50.4 Å². The predicted octanol–water partition coefficient (Wildman–Crippen LogP) is 3.15. The molecule has 0 atom stereocenters.